The van der Waals surface area contributed by atoms with E-state index in [0.717, 1.165) is 38.5 Å². The van der Waals surface area contributed by atoms with Crippen molar-refractivity contribution in [1.29, 1.82) is 0 Å². The van der Waals surface area contributed by atoms with Crippen molar-refractivity contribution in [2.45, 2.75) is 57.7 Å². The quantitative estimate of drug-likeness (QED) is 0.537. The molecule has 0 saturated heterocycles. The lowest BCUT2D eigenvalue weighted by Gasteiger charge is -2.28. The fourth-order valence-electron chi connectivity index (χ4n) is 2.33. The molecular weight excluding hydrogens is 263 g/mol. The smallest absolute Gasteiger partial charge is 0.287 e. The Morgan fingerprint density at radius 2 is 1.53 bits per heavy atom. The van der Waals surface area contributed by atoms with Gasteiger partial charge in [-0.05, 0) is 45.4 Å². The Balaban J connectivity index is 1.93. The van der Waals surface area contributed by atoms with Crippen molar-refractivity contribution >= 4 is 7.82 Å². The summed E-state index contributed by atoms with van der Waals surface area (Å²) >= 11 is 0. The monoisotopic (exact) mass is 286 g/mol. The third kappa shape index (κ3) is 4.88. The summed E-state index contributed by atoms with van der Waals surface area (Å²) in [5.74, 6) is 0. The minimum Gasteiger partial charge on any atom is -0.287 e. The average molecular weight is 286 g/mol. The predicted molar refractivity (Wildman–Crippen MR) is 75.0 cm³/mol. The maximum atomic E-state index is 12.6. The lowest BCUT2D eigenvalue weighted by atomic mass is 10.1. The molecule has 2 atom stereocenters. The lowest BCUT2D eigenvalue weighted by molar-refractivity contribution is 0.0489. The Labute approximate surface area is 115 Å². The highest BCUT2D eigenvalue weighted by atomic mass is 31.2. The van der Waals surface area contributed by atoms with Gasteiger partial charge in [0, 0.05) is 0 Å². The summed E-state index contributed by atoms with van der Waals surface area (Å²) in [5.41, 5.74) is 0. The number of hydrogen-bond acceptors (Lipinski definition) is 4. The fourth-order valence-corrected chi connectivity index (χ4v) is 3.93. The molecule has 0 aromatic carbocycles. The molecule has 2 aliphatic carbocycles. The summed E-state index contributed by atoms with van der Waals surface area (Å²) in [7, 11) is -3.42. The van der Waals surface area contributed by atoms with Crippen LogP contribution in [0.2, 0.25) is 0 Å². The van der Waals surface area contributed by atoms with Crippen molar-refractivity contribution in [3.63, 3.8) is 0 Å². The topological polar surface area (TPSA) is 44.8 Å². The standard InChI is InChI=1S/C14H23O4P/c1-2-16-19(15,17-13-9-5-3-6-10-13)18-14-11-7-4-8-12-14/h3-5,7,13-14H,2,6,8-12H2,1H3. The van der Waals surface area contributed by atoms with Gasteiger partial charge >= 0.3 is 7.82 Å². The largest absolute Gasteiger partial charge is 0.475 e. The molecule has 0 aromatic rings. The second kappa shape index (κ2) is 7.39. The summed E-state index contributed by atoms with van der Waals surface area (Å²) in [6, 6.07) is 0. The van der Waals surface area contributed by atoms with E-state index in [9.17, 15) is 4.57 Å². The second-order valence-electron chi connectivity index (χ2n) is 4.89. The van der Waals surface area contributed by atoms with E-state index in [1.165, 1.54) is 0 Å². The van der Waals surface area contributed by atoms with Crippen LogP contribution in [0.5, 0.6) is 0 Å². The number of allylic oxidation sites excluding steroid dienone is 2. The zero-order chi connectivity index (χ0) is 13.6. The maximum Gasteiger partial charge on any atom is 0.475 e. The van der Waals surface area contributed by atoms with E-state index < -0.39 is 7.82 Å². The van der Waals surface area contributed by atoms with Crippen LogP contribution in [0.4, 0.5) is 0 Å². The molecule has 4 nitrogen and oxygen atoms in total. The highest BCUT2D eigenvalue weighted by Gasteiger charge is 2.33. The lowest BCUT2D eigenvalue weighted by Crippen LogP contribution is -2.19. The minimum atomic E-state index is -3.42. The normalized spacial score (nSPS) is 30.2. The van der Waals surface area contributed by atoms with Crippen LogP contribution in [-0.2, 0) is 18.1 Å². The Hall–Kier alpha value is -0.410. The number of hydrogen-bond donors (Lipinski definition) is 0. The maximum absolute atomic E-state index is 12.6. The summed E-state index contributed by atoms with van der Waals surface area (Å²) in [5, 5.41) is 0. The number of phosphoric acid groups is 1. The van der Waals surface area contributed by atoms with Crippen LogP contribution < -0.4 is 0 Å². The molecule has 0 spiro atoms. The van der Waals surface area contributed by atoms with Gasteiger partial charge in [-0.2, -0.15) is 0 Å². The van der Waals surface area contributed by atoms with Gasteiger partial charge in [-0.25, -0.2) is 4.57 Å². The minimum absolute atomic E-state index is 0.0542. The Bertz CT molecular complexity index is 348. The van der Waals surface area contributed by atoms with E-state index in [-0.39, 0.29) is 12.2 Å². The molecule has 0 fully saturated rings. The van der Waals surface area contributed by atoms with Gasteiger partial charge in [0.2, 0.25) is 0 Å². The Morgan fingerprint density at radius 1 is 1.00 bits per heavy atom. The van der Waals surface area contributed by atoms with E-state index in [1.54, 1.807) is 6.92 Å². The number of rotatable bonds is 6. The van der Waals surface area contributed by atoms with E-state index in [0.29, 0.717) is 6.61 Å². The molecule has 0 heterocycles. The molecule has 0 radical (unpaired) electrons. The zero-order valence-electron chi connectivity index (χ0n) is 11.5. The molecule has 0 aromatic heterocycles. The van der Waals surface area contributed by atoms with Crippen LogP contribution in [0.1, 0.15) is 45.4 Å². The first kappa shape index (κ1) is 15.0. The molecule has 2 rings (SSSR count). The molecule has 2 unspecified atom stereocenters. The van der Waals surface area contributed by atoms with E-state index >= 15 is 0 Å². The van der Waals surface area contributed by atoms with Crippen molar-refractivity contribution in [3.8, 4) is 0 Å². The van der Waals surface area contributed by atoms with Crippen molar-refractivity contribution in [3.05, 3.63) is 24.3 Å². The molecule has 0 N–H and O–H groups in total. The molecule has 0 bridgehead atoms. The first-order valence-electron chi connectivity index (χ1n) is 7.13. The van der Waals surface area contributed by atoms with E-state index in [1.807, 2.05) is 0 Å². The van der Waals surface area contributed by atoms with Crippen molar-refractivity contribution in [2.24, 2.45) is 0 Å². The Morgan fingerprint density at radius 3 is 1.89 bits per heavy atom. The van der Waals surface area contributed by atoms with Gasteiger partial charge in [0.05, 0.1) is 18.8 Å². The van der Waals surface area contributed by atoms with Crippen LogP contribution in [-0.4, -0.2) is 18.8 Å². The molecule has 2 aliphatic rings. The zero-order valence-corrected chi connectivity index (χ0v) is 12.4. The molecule has 0 saturated carbocycles. The van der Waals surface area contributed by atoms with E-state index in [4.69, 9.17) is 13.6 Å². The average Bonchev–Trinajstić information content (AvgIpc) is 2.41. The summed E-state index contributed by atoms with van der Waals surface area (Å²) < 4.78 is 29.2. The van der Waals surface area contributed by atoms with Crippen LogP contribution in [0.3, 0.4) is 0 Å². The van der Waals surface area contributed by atoms with Gasteiger partial charge in [0.1, 0.15) is 0 Å². The SMILES string of the molecule is CCOP(=O)(OC1CC=CCC1)OC1CC=CCC1. The van der Waals surface area contributed by atoms with Crippen molar-refractivity contribution in [1.82, 2.24) is 0 Å². The van der Waals surface area contributed by atoms with Gasteiger partial charge in [-0.15, -0.1) is 0 Å². The number of phosphoric ester groups is 1. The van der Waals surface area contributed by atoms with Gasteiger partial charge in [0.15, 0.2) is 0 Å². The summed E-state index contributed by atoms with van der Waals surface area (Å²) in [6.45, 7) is 2.14. The van der Waals surface area contributed by atoms with Gasteiger partial charge in [-0.1, -0.05) is 24.3 Å². The van der Waals surface area contributed by atoms with Crippen molar-refractivity contribution < 1.29 is 18.1 Å². The van der Waals surface area contributed by atoms with Gasteiger partial charge in [0.25, 0.3) is 0 Å². The third-order valence-corrected chi connectivity index (χ3v) is 4.97. The second-order valence-corrected chi connectivity index (χ2v) is 6.46. The van der Waals surface area contributed by atoms with Crippen LogP contribution in [0.25, 0.3) is 0 Å². The first-order chi connectivity index (χ1) is 9.22. The third-order valence-electron chi connectivity index (χ3n) is 3.29. The summed E-state index contributed by atoms with van der Waals surface area (Å²) in [6.07, 6.45) is 13.5. The molecule has 0 amide bonds. The van der Waals surface area contributed by atoms with Crippen LogP contribution in [0, 0.1) is 0 Å². The summed E-state index contributed by atoms with van der Waals surface area (Å²) in [4.78, 5) is 0. The molecule has 108 valence electrons. The van der Waals surface area contributed by atoms with Gasteiger partial charge in [-0.3, -0.25) is 13.6 Å². The fraction of sp³-hybridized carbons (Fsp3) is 0.714. The molecule has 5 heteroatoms. The molecule has 0 aliphatic heterocycles. The molecule has 19 heavy (non-hydrogen) atoms. The van der Waals surface area contributed by atoms with Crippen molar-refractivity contribution in [2.75, 3.05) is 6.61 Å². The predicted octanol–water partition coefficient (Wildman–Crippen LogP) is 4.38. The van der Waals surface area contributed by atoms with Crippen LogP contribution in [0.15, 0.2) is 24.3 Å². The van der Waals surface area contributed by atoms with Gasteiger partial charge < -0.3 is 0 Å². The first-order valence-corrected chi connectivity index (χ1v) is 8.59. The van der Waals surface area contributed by atoms with Crippen LogP contribution >= 0.6 is 7.82 Å². The highest BCUT2D eigenvalue weighted by molar-refractivity contribution is 7.48. The highest BCUT2D eigenvalue weighted by Crippen LogP contribution is 2.53. The van der Waals surface area contributed by atoms with E-state index in [2.05, 4.69) is 24.3 Å². The molecular formula is C14H23O4P. The Kier molecular flexibility index (Phi) is 5.83.